The van der Waals surface area contributed by atoms with Crippen LogP contribution in [0.2, 0.25) is 0 Å². The molecule has 1 aliphatic rings. The number of thiophene rings is 1. The molecule has 1 heterocycles. The molecule has 3 heteroatoms. The monoisotopic (exact) mass is 316 g/mol. The maximum Gasteiger partial charge on any atom is 0.0580 e. The van der Waals surface area contributed by atoms with Crippen LogP contribution in [0.15, 0.2) is 12.1 Å². The molecule has 0 spiro atoms. The predicted octanol–water partition coefficient (Wildman–Crippen LogP) is 4.95. The summed E-state index contributed by atoms with van der Waals surface area (Å²) in [5.74, 6) is 0.850. The van der Waals surface area contributed by atoms with E-state index in [1.54, 1.807) is 0 Å². The van der Waals surface area contributed by atoms with Gasteiger partial charge < -0.3 is 4.74 Å². The molecule has 0 radical (unpaired) electrons. The van der Waals surface area contributed by atoms with Crippen LogP contribution in [0.5, 0.6) is 0 Å². The third-order valence-corrected chi connectivity index (χ3v) is 5.99. The highest BCUT2D eigenvalue weighted by Gasteiger charge is 2.31. The van der Waals surface area contributed by atoms with Gasteiger partial charge in [0.15, 0.2) is 0 Å². The van der Waals surface area contributed by atoms with Crippen molar-refractivity contribution in [3.63, 3.8) is 0 Å². The predicted molar refractivity (Wildman–Crippen MR) is 78.1 cm³/mol. The molecule has 0 bridgehead atoms. The summed E-state index contributed by atoms with van der Waals surface area (Å²) >= 11 is 5.78. The number of rotatable bonds is 6. The molecule has 1 atom stereocenters. The first kappa shape index (κ1) is 13.6. The van der Waals surface area contributed by atoms with Crippen molar-refractivity contribution in [1.82, 2.24) is 0 Å². The summed E-state index contributed by atoms with van der Waals surface area (Å²) in [6.45, 7) is 5.16. The normalized spacial score (nSPS) is 25.6. The Bertz CT molecular complexity index is 344. The van der Waals surface area contributed by atoms with Gasteiger partial charge in [0, 0.05) is 21.2 Å². The van der Waals surface area contributed by atoms with Crippen LogP contribution in [0.1, 0.15) is 47.7 Å². The third kappa shape index (κ3) is 3.55. The minimum atomic E-state index is 0.541. The zero-order valence-electron chi connectivity index (χ0n) is 10.6. The van der Waals surface area contributed by atoms with Crippen LogP contribution in [-0.2, 0) is 11.2 Å². The topological polar surface area (TPSA) is 9.23 Å². The number of ether oxygens (including phenoxy) is 1. The Morgan fingerprint density at radius 2 is 2.18 bits per heavy atom. The quantitative estimate of drug-likeness (QED) is 0.674. The van der Waals surface area contributed by atoms with Crippen LogP contribution < -0.4 is 0 Å². The number of alkyl halides is 1. The fourth-order valence-electron chi connectivity index (χ4n) is 2.40. The average molecular weight is 317 g/mol. The van der Waals surface area contributed by atoms with Gasteiger partial charge in [-0.15, -0.1) is 11.3 Å². The first-order valence-electron chi connectivity index (χ1n) is 6.57. The lowest BCUT2D eigenvalue weighted by Gasteiger charge is -2.35. The lowest BCUT2D eigenvalue weighted by atomic mass is 9.79. The van der Waals surface area contributed by atoms with Crippen molar-refractivity contribution in [2.24, 2.45) is 5.92 Å². The zero-order valence-corrected chi connectivity index (χ0v) is 13.0. The molecule has 96 valence electrons. The van der Waals surface area contributed by atoms with Crippen LogP contribution >= 0.6 is 27.3 Å². The lowest BCUT2D eigenvalue weighted by molar-refractivity contribution is -0.0264. The number of halogens is 1. The Morgan fingerprint density at radius 3 is 2.76 bits per heavy atom. The highest BCUT2D eigenvalue weighted by atomic mass is 79.9. The minimum Gasteiger partial charge on any atom is -0.378 e. The molecule has 17 heavy (non-hydrogen) atoms. The van der Waals surface area contributed by atoms with Gasteiger partial charge in [0.05, 0.1) is 6.10 Å². The highest BCUT2D eigenvalue weighted by molar-refractivity contribution is 9.09. The SMILES string of the molecule is CCOC1CC(CC(Br)c2ccc(CC)s2)C1. The van der Waals surface area contributed by atoms with E-state index in [9.17, 15) is 0 Å². The summed E-state index contributed by atoms with van der Waals surface area (Å²) in [5.41, 5.74) is 0. The van der Waals surface area contributed by atoms with Crippen LogP contribution in [-0.4, -0.2) is 12.7 Å². The maximum atomic E-state index is 5.60. The molecule has 1 unspecified atom stereocenters. The Balaban J connectivity index is 1.76. The molecule has 0 aliphatic heterocycles. The van der Waals surface area contributed by atoms with Crippen molar-refractivity contribution >= 4 is 27.3 Å². The highest BCUT2D eigenvalue weighted by Crippen LogP contribution is 2.41. The molecule has 1 aromatic rings. The van der Waals surface area contributed by atoms with E-state index in [1.165, 1.54) is 29.0 Å². The minimum absolute atomic E-state index is 0.541. The van der Waals surface area contributed by atoms with Crippen molar-refractivity contribution in [3.8, 4) is 0 Å². The Kier molecular flexibility index (Phi) is 5.07. The second kappa shape index (κ2) is 6.35. The molecule has 1 aliphatic carbocycles. The van der Waals surface area contributed by atoms with Crippen molar-refractivity contribution in [3.05, 3.63) is 21.9 Å². The van der Waals surface area contributed by atoms with E-state index in [-0.39, 0.29) is 0 Å². The average Bonchev–Trinajstić information content (AvgIpc) is 2.74. The molecule has 1 nitrogen and oxygen atoms in total. The van der Waals surface area contributed by atoms with Gasteiger partial charge in [0.2, 0.25) is 0 Å². The van der Waals surface area contributed by atoms with E-state index in [0.29, 0.717) is 10.9 Å². The molecule has 0 N–H and O–H groups in total. The molecule has 1 aromatic heterocycles. The standard InChI is InChI=1S/C14H21BrOS/c1-3-12-5-6-14(17-12)13(15)9-10-7-11(8-10)16-4-2/h5-6,10-11,13H,3-4,7-9H2,1-2H3. The van der Waals surface area contributed by atoms with E-state index in [4.69, 9.17) is 4.74 Å². The molecule has 0 amide bonds. The van der Waals surface area contributed by atoms with Gasteiger partial charge in [0.1, 0.15) is 0 Å². The molecule has 2 rings (SSSR count). The number of hydrogen-bond donors (Lipinski definition) is 0. The Morgan fingerprint density at radius 1 is 1.41 bits per heavy atom. The summed E-state index contributed by atoms with van der Waals surface area (Å²) < 4.78 is 5.60. The largest absolute Gasteiger partial charge is 0.378 e. The van der Waals surface area contributed by atoms with Gasteiger partial charge >= 0.3 is 0 Å². The molecule has 0 saturated heterocycles. The summed E-state index contributed by atoms with van der Waals surface area (Å²) in [7, 11) is 0. The molecule has 0 aromatic carbocycles. The van der Waals surface area contributed by atoms with Crippen LogP contribution in [0.4, 0.5) is 0 Å². The van der Waals surface area contributed by atoms with Gasteiger partial charge in [0.25, 0.3) is 0 Å². The fourth-order valence-corrected chi connectivity index (χ4v) is 4.31. The fraction of sp³-hybridized carbons (Fsp3) is 0.714. The summed E-state index contributed by atoms with van der Waals surface area (Å²) in [5, 5.41) is 0. The smallest absolute Gasteiger partial charge is 0.0580 e. The van der Waals surface area contributed by atoms with Gasteiger partial charge in [-0.1, -0.05) is 22.9 Å². The lowest BCUT2D eigenvalue weighted by Crippen LogP contribution is -2.31. The van der Waals surface area contributed by atoms with Gasteiger partial charge in [-0.2, -0.15) is 0 Å². The second-order valence-corrected chi connectivity index (χ2v) is 7.08. The van der Waals surface area contributed by atoms with E-state index in [2.05, 4.69) is 41.9 Å². The first-order valence-corrected chi connectivity index (χ1v) is 8.30. The first-order chi connectivity index (χ1) is 8.22. The molecular formula is C14H21BrOS. The number of aryl methyl sites for hydroxylation is 1. The van der Waals surface area contributed by atoms with Crippen molar-refractivity contribution in [1.29, 1.82) is 0 Å². The van der Waals surface area contributed by atoms with Gasteiger partial charge in [-0.3, -0.25) is 0 Å². The van der Waals surface area contributed by atoms with Crippen LogP contribution in [0, 0.1) is 5.92 Å². The van der Waals surface area contributed by atoms with Crippen molar-refractivity contribution in [2.75, 3.05) is 6.61 Å². The maximum absolute atomic E-state index is 5.60. The Labute approximate surface area is 117 Å². The molecular weight excluding hydrogens is 296 g/mol. The second-order valence-electron chi connectivity index (χ2n) is 4.78. The van der Waals surface area contributed by atoms with Crippen LogP contribution in [0.25, 0.3) is 0 Å². The van der Waals surface area contributed by atoms with Crippen LogP contribution in [0.3, 0.4) is 0 Å². The van der Waals surface area contributed by atoms with E-state index < -0.39 is 0 Å². The zero-order chi connectivity index (χ0) is 12.3. The molecule has 1 saturated carbocycles. The van der Waals surface area contributed by atoms with E-state index in [0.717, 1.165) is 18.9 Å². The van der Waals surface area contributed by atoms with Crippen molar-refractivity contribution < 1.29 is 4.74 Å². The Hall–Kier alpha value is 0.140. The van der Waals surface area contributed by atoms with Crippen molar-refractivity contribution in [2.45, 2.75) is 50.5 Å². The number of hydrogen-bond acceptors (Lipinski definition) is 2. The van der Waals surface area contributed by atoms with E-state index >= 15 is 0 Å². The van der Waals surface area contributed by atoms with Gasteiger partial charge in [-0.25, -0.2) is 0 Å². The molecule has 1 fully saturated rings. The summed E-state index contributed by atoms with van der Waals surface area (Å²) in [4.78, 5) is 3.52. The summed E-state index contributed by atoms with van der Waals surface area (Å²) in [6.07, 6.45) is 5.46. The van der Waals surface area contributed by atoms with E-state index in [1.807, 2.05) is 11.3 Å². The van der Waals surface area contributed by atoms with Gasteiger partial charge in [-0.05, 0) is 50.7 Å². The third-order valence-electron chi connectivity index (χ3n) is 3.47. The summed E-state index contributed by atoms with van der Waals surface area (Å²) in [6, 6.07) is 4.54.